The summed E-state index contributed by atoms with van der Waals surface area (Å²) in [5.41, 5.74) is 0.682. The quantitative estimate of drug-likeness (QED) is 0.878. The third-order valence-electron chi connectivity index (χ3n) is 3.74. The van der Waals surface area contributed by atoms with Gasteiger partial charge in [0.25, 0.3) is 5.91 Å². The highest BCUT2D eigenvalue weighted by atomic mass is 32.1. The van der Waals surface area contributed by atoms with Gasteiger partial charge >= 0.3 is 0 Å². The van der Waals surface area contributed by atoms with Crippen LogP contribution in [0.2, 0.25) is 0 Å². The fourth-order valence-electron chi connectivity index (χ4n) is 2.70. The number of fused-ring (bicyclic) bond motifs is 1. The zero-order valence-corrected chi connectivity index (χ0v) is 11.5. The number of aromatic hydroxyl groups is 1. The standard InChI is InChI=1S/C15H17NO2S/c17-11-6-7-14-12(8-11)13(9-19-14)15(18)16-10-4-2-1-3-5-10/h6-10,17H,1-5H2,(H,16,18). The molecule has 4 heteroatoms. The SMILES string of the molecule is O=C(NC1CCCCC1)c1csc2ccc(O)cc12. The molecule has 19 heavy (non-hydrogen) atoms. The van der Waals surface area contributed by atoms with Crippen LogP contribution in [0.1, 0.15) is 42.5 Å². The van der Waals surface area contributed by atoms with E-state index in [9.17, 15) is 9.90 Å². The first kappa shape index (κ1) is 12.5. The number of nitrogens with one attached hydrogen (secondary N) is 1. The van der Waals surface area contributed by atoms with Crippen molar-refractivity contribution in [3.8, 4) is 5.75 Å². The maximum absolute atomic E-state index is 12.3. The normalized spacial score (nSPS) is 16.6. The molecule has 0 unspecified atom stereocenters. The first-order valence-electron chi connectivity index (χ1n) is 6.75. The molecule has 3 rings (SSSR count). The van der Waals surface area contributed by atoms with Crippen LogP contribution in [0.4, 0.5) is 0 Å². The average molecular weight is 275 g/mol. The first-order valence-corrected chi connectivity index (χ1v) is 7.63. The molecule has 100 valence electrons. The summed E-state index contributed by atoms with van der Waals surface area (Å²) in [6.45, 7) is 0. The van der Waals surface area contributed by atoms with Gasteiger partial charge in [0.1, 0.15) is 5.75 Å². The lowest BCUT2D eigenvalue weighted by atomic mass is 9.95. The molecule has 0 atom stereocenters. The third-order valence-corrected chi connectivity index (χ3v) is 4.71. The lowest BCUT2D eigenvalue weighted by molar-refractivity contribution is 0.0930. The lowest BCUT2D eigenvalue weighted by Gasteiger charge is -2.22. The summed E-state index contributed by atoms with van der Waals surface area (Å²) in [5, 5.41) is 15.4. The van der Waals surface area contributed by atoms with Crippen LogP contribution in [0.25, 0.3) is 10.1 Å². The fourth-order valence-corrected chi connectivity index (χ4v) is 3.62. The first-order chi connectivity index (χ1) is 9.24. The van der Waals surface area contributed by atoms with E-state index < -0.39 is 0 Å². The predicted octanol–water partition coefficient (Wildman–Crippen LogP) is 3.67. The molecule has 0 bridgehead atoms. The number of hydrogen-bond donors (Lipinski definition) is 2. The molecule has 0 radical (unpaired) electrons. The number of carbonyl (C=O) groups is 1. The number of hydrogen-bond acceptors (Lipinski definition) is 3. The monoisotopic (exact) mass is 275 g/mol. The molecule has 1 aromatic heterocycles. The van der Waals surface area contributed by atoms with Crippen molar-refractivity contribution in [3.05, 3.63) is 29.1 Å². The fraction of sp³-hybridized carbons (Fsp3) is 0.400. The number of benzene rings is 1. The summed E-state index contributed by atoms with van der Waals surface area (Å²) in [7, 11) is 0. The van der Waals surface area contributed by atoms with E-state index in [0.717, 1.165) is 22.9 Å². The average Bonchev–Trinajstić information content (AvgIpc) is 2.82. The van der Waals surface area contributed by atoms with Crippen molar-refractivity contribution < 1.29 is 9.90 Å². The molecule has 1 aliphatic carbocycles. The van der Waals surface area contributed by atoms with Crippen LogP contribution in [0.3, 0.4) is 0 Å². The zero-order valence-electron chi connectivity index (χ0n) is 10.7. The van der Waals surface area contributed by atoms with E-state index in [1.54, 1.807) is 23.5 Å². The number of thiophene rings is 1. The van der Waals surface area contributed by atoms with Gasteiger partial charge in [0.2, 0.25) is 0 Å². The molecule has 2 N–H and O–H groups in total. The molecule has 1 amide bonds. The Kier molecular flexibility index (Phi) is 3.42. The highest BCUT2D eigenvalue weighted by molar-refractivity contribution is 7.17. The van der Waals surface area contributed by atoms with Crippen LogP contribution >= 0.6 is 11.3 Å². The van der Waals surface area contributed by atoms with E-state index in [-0.39, 0.29) is 11.7 Å². The molecule has 1 heterocycles. The van der Waals surface area contributed by atoms with Crippen molar-refractivity contribution in [1.29, 1.82) is 0 Å². The summed E-state index contributed by atoms with van der Waals surface area (Å²) >= 11 is 1.54. The minimum atomic E-state index is -0.0104. The molecular weight excluding hydrogens is 258 g/mol. The van der Waals surface area contributed by atoms with Crippen molar-refractivity contribution in [1.82, 2.24) is 5.32 Å². The van der Waals surface area contributed by atoms with Gasteiger partial charge in [-0.2, -0.15) is 0 Å². The zero-order chi connectivity index (χ0) is 13.2. The number of carbonyl (C=O) groups excluding carboxylic acids is 1. The summed E-state index contributed by atoms with van der Waals surface area (Å²) < 4.78 is 1.03. The Morgan fingerprint density at radius 3 is 2.84 bits per heavy atom. The molecule has 0 saturated heterocycles. The van der Waals surface area contributed by atoms with Crippen LogP contribution in [-0.2, 0) is 0 Å². The largest absolute Gasteiger partial charge is 0.508 e. The van der Waals surface area contributed by atoms with Crippen LogP contribution in [0.5, 0.6) is 5.75 Å². The highest BCUT2D eigenvalue weighted by Crippen LogP contribution is 2.29. The van der Waals surface area contributed by atoms with E-state index in [4.69, 9.17) is 0 Å². The second-order valence-corrected chi connectivity index (χ2v) is 6.05. The Hall–Kier alpha value is -1.55. The minimum Gasteiger partial charge on any atom is -0.508 e. The molecule has 1 aliphatic rings. The second kappa shape index (κ2) is 5.21. The Labute approximate surface area is 116 Å². The molecule has 1 aromatic carbocycles. The molecule has 2 aromatic rings. The summed E-state index contributed by atoms with van der Waals surface area (Å²) in [4.78, 5) is 12.3. The number of phenols is 1. The van der Waals surface area contributed by atoms with Crippen LogP contribution in [0, 0.1) is 0 Å². The van der Waals surface area contributed by atoms with Crippen LogP contribution < -0.4 is 5.32 Å². The summed E-state index contributed by atoms with van der Waals surface area (Å²) in [5.74, 6) is 0.196. The van der Waals surface area contributed by atoms with Gasteiger partial charge < -0.3 is 10.4 Å². The van der Waals surface area contributed by atoms with Gasteiger partial charge in [-0.1, -0.05) is 19.3 Å². The minimum absolute atomic E-state index is 0.0104. The number of phenolic OH excluding ortho intramolecular Hbond substituents is 1. The van der Waals surface area contributed by atoms with Crippen molar-refractivity contribution in [3.63, 3.8) is 0 Å². The topological polar surface area (TPSA) is 49.3 Å². The Morgan fingerprint density at radius 2 is 2.05 bits per heavy atom. The van der Waals surface area contributed by atoms with E-state index in [1.165, 1.54) is 19.3 Å². The van der Waals surface area contributed by atoms with Crippen molar-refractivity contribution in [2.24, 2.45) is 0 Å². The maximum atomic E-state index is 12.3. The summed E-state index contributed by atoms with van der Waals surface area (Å²) in [6, 6.07) is 5.49. The maximum Gasteiger partial charge on any atom is 0.252 e. The summed E-state index contributed by atoms with van der Waals surface area (Å²) in [6.07, 6.45) is 5.85. The van der Waals surface area contributed by atoms with Crippen molar-refractivity contribution in [2.45, 2.75) is 38.1 Å². The van der Waals surface area contributed by atoms with E-state index in [0.29, 0.717) is 11.6 Å². The van der Waals surface area contributed by atoms with E-state index >= 15 is 0 Å². The lowest BCUT2D eigenvalue weighted by Crippen LogP contribution is -2.36. The van der Waals surface area contributed by atoms with Crippen LogP contribution in [-0.4, -0.2) is 17.1 Å². The number of amides is 1. The molecule has 0 aliphatic heterocycles. The van der Waals surface area contributed by atoms with Gasteiger partial charge in [0.05, 0.1) is 5.56 Å². The van der Waals surface area contributed by atoms with E-state index in [2.05, 4.69) is 5.32 Å². The van der Waals surface area contributed by atoms with Gasteiger partial charge in [0.15, 0.2) is 0 Å². The molecule has 1 fully saturated rings. The number of rotatable bonds is 2. The van der Waals surface area contributed by atoms with Gasteiger partial charge in [-0.25, -0.2) is 0 Å². The second-order valence-electron chi connectivity index (χ2n) is 5.14. The molecule has 3 nitrogen and oxygen atoms in total. The van der Waals surface area contributed by atoms with Crippen molar-refractivity contribution >= 4 is 27.3 Å². The molecular formula is C15H17NO2S. The van der Waals surface area contributed by atoms with Gasteiger partial charge in [-0.05, 0) is 31.0 Å². The van der Waals surface area contributed by atoms with Crippen molar-refractivity contribution in [2.75, 3.05) is 0 Å². The van der Waals surface area contributed by atoms with Gasteiger partial charge in [-0.15, -0.1) is 11.3 Å². The Morgan fingerprint density at radius 1 is 1.26 bits per heavy atom. The van der Waals surface area contributed by atoms with E-state index in [1.807, 2.05) is 11.4 Å². The predicted molar refractivity (Wildman–Crippen MR) is 77.8 cm³/mol. The Balaban J connectivity index is 1.82. The van der Waals surface area contributed by atoms with Gasteiger partial charge in [-0.3, -0.25) is 4.79 Å². The smallest absolute Gasteiger partial charge is 0.252 e. The Bertz CT molecular complexity index is 599. The van der Waals surface area contributed by atoms with Crippen LogP contribution in [0.15, 0.2) is 23.6 Å². The molecule has 0 spiro atoms. The highest BCUT2D eigenvalue weighted by Gasteiger charge is 2.18. The van der Waals surface area contributed by atoms with Gasteiger partial charge in [0, 0.05) is 21.5 Å². The third kappa shape index (κ3) is 2.59. The molecule has 1 saturated carbocycles.